The predicted molar refractivity (Wildman–Crippen MR) is 89.3 cm³/mol. The van der Waals surface area contributed by atoms with Crippen molar-refractivity contribution in [2.24, 2.45) is 5.92 Å². The standard InChI is InChI=1S/C17H23NO2S/c1-13(2)17(16-8-5-11-21-16)18-14-6-4-7-15(12-14)20-10-9-19-3/h4-8,11-13,17-18H,9-10H2,1-3H3. The van der Waals surface area contributed by atoms with Crippen LogP contribution in [0.4, 0.5) is 5.69 Å². The lowest BCUT2D eigenvalue weighted by Crippen LogP contribution is -2.15. The minimum atomic E-state index is 0.319. The number of nitrogens with one attached hydrogen (secondary N) is 1. The van der Waals surface area contributed by atoms with Gasteiger partial charge in [-0.1, -0.05) is 26.0 Å². The Kier molecular flexibility index (Phi) is 6.08. The average Bonchev–Trinajstić information content (AvgIpc) is 2.99. The van der Waals surface area contributed by atoms with Crippen molar-refractivity contribution in [2.45, 2.75) is 19.9 Å². The summed E-state index contributed by atoms with van der Waals surface area (Å²) in [4.78, 5) is 1.36. The van der Waals surface area contributed by atoms with Gasteiger partial charge in [0.2, 0.25) is 0 Å². The highest BCUT2D eigenvalue weighted by Gasteiger charge is 2.16. The van der Waals surface area contributed by atoms with Crippen LogP contribution in [0.2, 0.25) is 0 Å². The largest absolute Gasteiger partial charge is 0.491 e. The monoisotopic (exact) mass is 305 g/mol. The lowest BCUT2D eigenvalue weighted by atomic mass is 10.0. The van der Waals surface area contributed by atoms with E-state index in [0.29, 0.717) is 25.2 Å². The summed E-state index contributed by atoms with van der Waals surface area (Å²) in [6, 6.07) is 12.7. The highest BCUT2D eigenvalue weighted by Crippen LogP contribution is 2.30. The van der Waals surface area contributed by atoms with Crippen LogP contribution in [-0.4, -0.2) is 20.3 Å². The zero-order chi connectivity index (χ0) is 15.1. The zero-order valence-electron chi connectivity index (χ0n) is 12.8. The maximum atomic E-state index is 5.66. The van der Waals surface area contributed by atoms with Crippen LogP contribution < -0.4 is 10.1 Å². The minimum absolute atomic E-state index is 0.319. The van der Waals surface area contributed by atoms with Crippen LogP contribution >= 0.6 is 11.3 Å². The Labute approximate surface area is 130 Å². The first-order chi connectivity index (χ1) is 10.2. The number of anilines is 1. The smallest absolute Gasteiger partial charge is 0.121 e. The van der Waals surface area contributed by atoms with Crippen molar-refractivity contribution in [1.29, 1.82) is 0 Å². The molecule has 1 aromatic carbocycles. The van der Waals surface area contributed by atoms with Gasteiger partial charge in [0.25, 0.3) is 0 Å². The second-order valence-corrected chi connectivity index (χ2v) is 6.23. The Balaban J connectivity index is 2.05. The van der Waals surface area contributed by atoms with E-state index in [1.54, 1.807) is 18.4 Å². The molecule has 0 aliphatic carbocycles. The first kappa shape index (κ1) is 15.9. The average molecular weight is 305 g/mol. The molecule has 3 nitrogen and oxygen atoms in total. The molecule has 2 aromatic rings. The predicted octanol–water partition coefficient (Wildman–Crippen LogP) is 4.58. The number of rotatable bonds is 8. The fourth-order valence-electron chi connectivity index (χ4n) is 2.13. The molecule has 0 amide bonds. The lowest BCUT2D eigenvalue weighted by molar-refractivity contribution is 0.146. The van der Waals surface area contributed by atoms with Gasteiger partial charge in [-0.2, -0.15) is 0 Å². The van der Waals surface area contributed by atoms with Gasteiger partial charge in [0.05, 0.1) is 12.6 Å². The second-order valence-electron chi connectivity index (χ2n) is 5.25. The maximum absolute atomic E-state index is 5.66. The summed E-state index contributed by atoms with van der Waals surface area (Å²) >= 11 is 1.79. The van der Waals surface area contributed by atoms with Crippen molar-refractivity contribution in [1.82, 2.24) is 0 Å². The molecule has 0 aliphatic heterocycles. The number of benzene rings is 1. The van der Waals surface area contributed by atoms with Crippen molar-refractivity contribution in [3.8, 4) is 5.75 Å². The van der Waals surface area contributed by atoms with E-state index < -0.39 is 0 Å². The number of ether oxygens (including phenoxy) is 2. The van der Waals surface area contributed by atoms with E-state index in [-0.39, 0.29) is 0 Å². The Bertz CT molecular complexity index is 525. The van der Waals surface area contributed by atoms with Gasteiger partial charge in [-0.25, -0.2) is 0 Å². The van der Waals surface area contributed by atoms with Gasteiger partial charge < -0.3 is 14.8 Å². The first-order valence-corrected chi connectivity index (χ1v) is 8.10. The molecule has 114 valence electrons. The highest BCUT2D eigenvalue weighted by molar-refractivity contribution is 7.10. The molecule has 0 radical (unpaired) electrons. The molecule has 21 heavy (non-hydrogen) atoms. The fourth-order valence-corrected chi connectivity index (χ4v) is 3.08. The molecule has 0 aliphatic rings. The van der Waals surface area contributed by atoms with Gasteiger partial charge in [0.15, 0.2) is 0 Å². The Morgan fingerprint density at radius 1 is 1.14 bits per heavy atom. The molecule has 0 spiro atoms. The number of hydrogen-bond donors (Lipinski definition) is 1. The Morgan fingerprint density at radius 2 is 2.00 bits per heavy atom. The summed E-state index contributed by atoms with van der Waals surface area (Å²) in [5.41, 5.74) is 1.08. The van der Waals surface area contributed by atoms with Gasteiger partial charge in [0, 0.05) is 23.7 Å². The molecule has 0 saturated heterocycles. The summed E-state index contributed by atoms with van der Waals surface area (Å²) in [6.45, 7) is 5.63. The number of hydrogen-bond acceptors (Lipinski definition) is 4. The first-order valence-electron chi connectivity index (χ1n) is 7.22. The lowest BCUT2D eigenvalue weighted by Gasteiger charge is -2.22. The van der Waals surface area contributed by atoms with Crippen molar-refractivity contribution in [2.75, 3.05) is 25.6 Å². The highest BCUT2D eigenvalue weighted by atomic mass is 32.1. The molecule has 1 atom stereocenters. The molecular weight excluding hydrogens is 282 g/mol. The van der Waals surface area contributed by atoms with Gasteiger partial charge in [0.1, 0.15) is 12.4 Å². The summed E-state index contributed by atoms with van der Waals surface area (Å²) < 4.78 is 10.7. The third kappa shape index (κ3) is 4.76. The third-order valence-corrected chi connectivity index (χ3v) is 4.18. The molecule has 0 fully saturated rings. The Morgan fingerprint density at radius 3 is 2.67 bits per heavy atom. The van der Waals surface area contributed by atoms with E-state index in [1.807, 2.05) is 18.2 Å². The zero-order valence-corrected chi connectivity index (χ0v) is 13.7. The van der Waals surface area contributed by atoms with E-state index in [4.69, 9.17) is 9.47 Å². The van der Waals surface area contributed by atoms with E-state index in [0.717, 1.165) is 11.4 Å². The molecule has 2 rings (SSSR count). The number of thiophene rings is 1. The van der Waals surface area contributed by atoms with E-state index in [2.05, 4.69) is 42.7 Å². The normalized spacial score (nSPS) is 12.4. The molecule has 0 saturated carbocycles. The second kappa shape index (κ2) is 8.05. The molecule has 1 unspecified atom stereocenters. The molecule has 0 bridgehead atoms. The van der Waals surface area contributed by atoms with Crippen LogP contribution in [0.1, 0.15) is 24.8 Å². The van der Waals surface area contributed by atoms with Crippen LogP contribution in [0.3, 0.4) is 0 Å². The van der Waals surface area contributed by atoms with Crippen LogP contribution in [0, 0.1) is 5.92 Å². The third-order valence-electron chi connectivity index (χ3n) is 3.23. The van der Waals surface area contributed by atoms with Crippen molar-refractivity contribution < 1.29 is 9.47 Å². The quantitative estimate of drug-likeness (QED) is 0.724. The molecule has 4 heteroatoms. The summed E-state index contributed by atoms with van der Waals surface area (Å²) in [5.74, 6) is 1.38. The van der Waals surface area contributed by atoms with Crippen LogP contribution in [0.25, 0.3) is 0 Å². The fraction of sp³-hybridized carbons (Fsp3) is 0.412. The van der Waals surface area contributed by atoms with Gasteiger partial charge in [-0.05, 0) is 29.5 Å². The number of methoxy groups -OCH3 is 1. The molecule has 1 aromatic heterocycles. The minimum Gasteiger partial charge on any atom is -0.491 e. The molecule has 1 N–H and O–H groups in total. The van der Waals surface area contributed by atoms with Crippen molar-refractivity contribution >= 4 is 17.0 Å². The van der Waals surface area contributed by atoms with E-state index in [1.165, 1.54) is 4.88 Å². The summed E-state index contributed by atoms with van der Waals surface area (Å²) in [7, 11) is 1.68. The van der Waals surface area contributed by atoms with Crippen LogP contribution in [-0.2, 0) is 4.74 Å². The van der Waals surface area contributed by atoms with Crippen molar-refractivity contribution in [3.63, 3.8) is 0 Å². The van der Waals surface area contributed by atoms with Crippen LogP contribution in [0.5, 0.6) is 5.75 Å². The van der Waals surface area contributed by atoms with Crippen molar-refractivity contribution in [3.05, 3.63) is 46.7 Å². The Hall–Kier alpha value is -1.52. The summed E-state index contributed by atoms with van der Waals surface area (Å²) in [5, 5.41) is 5.73. The molecule has 1 heterocycles. The van der Waals surface area contributed by atoms with Gasteiger partial charge in [-0.3, -0.25) is 0 Å². The topological polar surface area (TPSA) is 30.5 Å². The van der Waals surface area contributed by atoms with E-state index in [9.17, 15) is 0 Å². The summed E-state index contributed by atoms with van der Waals surface area (Å²) in [6.07, 6.45) is 0. The van der Waals surface area contributed by atoms with Gasteiger partial charge >= 0.3 is 0 Å². The SMILES string of the molecule is COCCOc1cccc(NC(c2cccs2)C(C)C)c1. The molecular formula is C17H23NO2S. The maximum Gasteiger partial charge on any atom is 0.121 e. The van der Waals surface area contributed by atoms with E-state index >= 15 is 0 Å². The van der Waals surface area contributed by atoms with Gasteiger partial charge in [-0.15, -0.1) is 11.3 Å². The van der Waals surface area contributed by atoms with Crippen LogP contribution in [0.15, 0.2) is 41.8 Å².